The molecule has 1 N–H and O–H groups in total. The lowest BCUT2D eigenvalue weighted by molar-refractivity contribution is -0.0517. The van der Waals surface area contributed by atoms with Gasteiger partial charge in [-0.2, -0.15) is 8.78 Å². The summed E-state index contributed by atoms with van der Waals surface area (Å²) in [5, 5.41) is 8.89. The molecule has 3 nitrogen and oxygen atoms in total. The van der Waals surface area contributed by atoms with E-state index in [2.05, 4.69) is 20.7 Å². The van der Waals surface area contributed by atoms with Gasteiger partial charge in [0.25, 0.3) is 0 Å². The van der Waals surface area contributed by atoms with Gasteiger partial charge < -0.3 is 14.6 Å². The molecule has 0 atom stereocenters. The Labute approximate surface area is 93.7 Å². The van der Waals surface area contributed by atoms with Crippen LogP contribution in [0, 0.1) is 0 Å². The number of benzene rings is 1. The van der Waals surface area contributed by atoms with Crippen molar-refractivity contribution in [3.8, 4) is 11.5 Å². The molecular weight excluding hydrogens is 274 g/mol. The molecule has 84 valence electrons. The summed E-state index contributed by atoms with van der Waals surface area (Å²) in [6, 6.07) is 2.92. The third-order valence-electron chi connectivity index (χ3n) is 1.68. The highest BCUT2D eigenvalue weighted by Crippen LogP contribution is 2.37. The molecule has 15 heavy (non-hydrogen) atoms. The molecule has 6 heteroatoms. The molecule has 0 saturated carbocycles. The van der Waals surface area contributed by atoms with Gasteiger partial charge in [-0.05, 0) is 33.6 Å². The minimum Gasteiger partial charge on any atom is -0.493 e. The summed E-state index contributed by atoms with van der Waals surface area (Å²) >= 11 is 3.06. The van der Waals surface area contributed by atoms with E-state index in [0.29, 0.717) is 10.0 Å². The van der Waals surface area contributed by atoms with Gasteiger partial charge >= 0.3 is 6.61 Å². The van der Waals surface area contributed by atoms with Crippen molar-refractivity contribution < 1.29 is 23.4 Å². The lowest BCUT2D eigenvalue weighted by Crippen LogP contribution is -2.04. The molecule has 0 aliphatic heterocycles. The summed E-state index contributed by atoms with van der Waals surface area (Å²) < 4.78 is 33.6. The Balaban J connectivity index is 3.12. The van der Waals surface area contributed by atoms with Crippen molar-refractivity contribution in [3.63, 3.8) is 0 Å². The van der Waals surface area contributed by atoms with Crippen LogP contribution in [-0.2, 0) is 6.61 Å². The Morgan fingerprint density at radius 1 is 1.47 bits per heavy atom. The molecule has 1 aromatic carbocycles. The fourth-order valence-corrected chi connectivity index (χ4v) is 1.65. The molecule has 0 aromatic heterocycles. The number of aliphatic hydroxyl groups excluding tert-OH is 1. The highest BCUT2D eigenvalue weighted by atomic mass is 79.9. The normalized spacial score (nSPS) is 10.5. The molecule has 0 bridgehead atoms. The number of hydrogen-bond donors (Lipinski definition) is 1. The second-order valence-electron chi connectivity index (χ2n) is 2.65. The molecule has 0 fully saturated rings. The zero-order chi connectivity index (χ0) is 11.4. The van der Waals surface area contributed by atoms with Gasteiger partial charge in [0.2, 0.25) is 0 Å². The Kier molecular flexibility index (Phi) is 4.28. The summed E-state index contributed by atoms with van der Waals surface area (Å²) in [5.74, 6) is 0.0680. The molecule has 0 aliphatic carbocycles. The molecule has 0 aliphatic rings. The number of rotatable bonds is 4. The smallest absolute Gasteiger partial charge is 0.387 e. The van der Waals surface area contributed by atoms with Crippen LogP contribution in [0.4, 0.5) is 8.78 Å². The standard InChI is InChI=1S/C9H9BrF2O3/c1-14-7-3-5(4-13)2-6(10)8(7)15-9(11)12/h2-3,9,13H,4H2,1H3. The van der Waals surface area contributed by atoms with Crippen LogP contribution < -0.4 is 9.47 Å². The predicted octanol–water partition coefficient (Wildman–Crippen LogP) is 2.55. The highest BCUT2D eigenvalue weighted by Gasteiger charge is 2.15. The average molecular weight is 283 g/mol. The fraction of sp³-hybridized carbons (Fsp3) is 0.333. The van der Waals surface area contributed by atoms with Crippen molar-refractivity contribution in [1.29, 1.82) is 0 Å². The predicted molar refractivity (Wildman–Crippen MR) is 53.2 cm³/mol. The second-order valence-corrected chi connectivity index (χ2v) is 3.50. The van der Waals surface area contributed by atoms with Gasteiger partial charge in [0, 0.05) is 0 Å². The lowest BCUT2D eigenvalue weighted by atomic mass is 10.2. The van der Waals surface area contributed by atoms with Crippen LogP contribution in [0.1, 0.15) is 5.56 Å². The number of ether oxygens (including phenoxy) is 2. The van der Waals surface area contributed by atoms with Crippen LogP contribution >= 0.6 is 15.9 Å². The molecule has 0 heterocycles. The maximum Gasteiger partial charge on any atom is 0.387 e. The van der Waals surface area contributed by atoms with E-state index in [1.807, 2.05) is 0 Å². The Morgan fingerprint density at radius 3 is 2.60 bits per heavy atom. The number of hydrogen-bond acceptors (Lipinski definition) is 3. The maximum atomic E-state index is 12.1. The third kappa shape index (κ3) is 3.04. The quantitative estimate of drug-likeness (QED) is 0.923. The zero-order valence-electron chi connectivity index (χ0n) is 7.84. The van der Waals surface area contributed by atoms with Crippen molar-refractivity contribution in [1.82, 2.24) is 0 Å². The van der Waals surface area contributed by atoms with Crippen molar-refractivity contribution in [2.45, 2.75) is 13.2 Å². The summed E-state index contributed by atoms with van der Waals surface area (Å²) in [7, 11) is 1.33. The SMILES string of the molecule is COc1cc(CO)cc(Br)c1OC(F)F. The second kappa shape index (κ2) is 5.27. The lowest BCUT2D eigenvalue weighted by Gasteiger charge is -2.12. The summed E-state index contributed by atoms with van der Waals surface area (Å²) in [4.78, 5) is 0. The summed E-state index contributed by atoms with van der Waals surface area (Å²) in [6.45, 7) is -3.13. The van der Waals surface area contributed by atoms with Gasteiger partial charge in [0.1, 0.15) is 0 Å². The van der Waals surface area contributed by atoms with E-state index < -0.39 is 6.61 Å². The molecule has 1 rings (SSSR count). The largest absolute Gasteiger partial charge is 0.493 e. The summed E-state index contributed by atoms with van der Waals surface area (Å²) in [5.41, 5.74) is 0.542. The first-order valence-electron chi connectivity index (χ1n) is 4.00. The van der Waals surface area contributed by atoms with Gasteiger partial charge in [-0.15, -0.1) is 0 Å². The van der Waals surface area contributed by atoms with Gasteiger partial charge in [0.05, 0.1) is 18.2 Å². The third-order valence-corrected chi connectivity index (χ3v) is 2.27. The van der Waals surface area contributed by atoms with Crippen molar-refractivity contribution >= 4 is 15.9 Å². The van der Waals surface area contributed by atoms with E-state index in [0.717, 1.165) is 0 Å². The fourth-order valence-electron chi connectivity index (χ4n) is 1.07. The monoisotopic (exact) mass is 282 g/mol. The van der Waals surface area contributed by atoms with E-state index in [9.17, 15) is 8.78 Å². The van der Waals surface area contributed by atoms with E-state index in [-0.39, 0.29) is 18.1 Å². The van der Waals surface area contributed by atoms with Crippen LogP contribution in [0.5, 0.6) is 11.5 Å². The van der Waals surface area contributed by atoms with E-state index in [1.165, 1.54) is 19.2 Å². The summed E-state index contributed by atoms with van der Waals surface area (Å²) in [6.07, 6.45) is 0. The van der Waals surface area contributed by atoms with E-state index >= 15 is 0 Å². The van der Waals surface area contributed by atoms with Gasteiger partial charge in [-0.1, -0.05) is 0 Å². The molecular formula is C9H9BrF2O3. The van der Waals surface area contributed by atoms with Crippen molar-refractivity contribution in [2.75, 3.05) is 7.11 Å². The van der Waals surface area contributed by atoms with Crippen LogP contribution in [0.3, 0.4) is 0 Å². The van der Waals surface area contributed by atoms with E-state index in [1.54, 1.807) is 0 Å². The van der Waals surface area contributed by atoms with Crippen LogP contribution in [0.15, 0.2) is 16.6 Å². The van der Waals surface area contributed by atoms with Crippen molar-refractivity contribution in [2.24, 2.45) is 0 Å². The molecule has 0 saturated heterocycles. The Hall–Kier alpha value is -0.880. The molecule has 1 aromatic rings. The number of alkyl halides is 2. The number of halogens is 3. The maximum absolute atomic E-state index is 12.1. The molecule has 0 unspecified atom stereocenters. The first kappa shape index (κ1) is 12.2. The number of aliphatic hydroxyl groups is 1. The Bertz CT molecular complexity index is 344. The molecule has 0 spiro atoms. The average Bonchev–Trinajstić information content (AvgIpc) is 2.20. The molecule has 0 amide bonds. The van der Waals surface area contributed by atoms with Crippen LogP contribution in [0.2, 0.25) is 0 Å². The van der Waals surface area contributed by atoms with E-state index in [4.69, 9.17) is 9.84 Å². The van der Waals surface area contributed by atoms with Gasteiger partial charge in [0.15, 0.2) is 11.5 Å². The molecule has 0 radical (unpaired) electrons. The topological polar surface area (TPSA) is 38.7 Å². The van der Waals surface area contributed by atoms with Gasteiger partial charge in [-0.25, -0.2) is 0 Å². The van der Waals surface area contributed by atoms with Crippen LogP contribution in [-0.4, -0.2) is 18.8 Å². The minimum absolute atomic E-state index is 0.0790. The number of methoxy groups -OCH3 is 1. The van der Waals surface area contributed by atoms with Gasteiger partial charge in [-0.3, -0.25) is 0 Å². The first-order chi connectivity index (χ1) is 7.08. The highest BCUT2D eigenvalue weighted by molar-refractivity contribution is 9.10. The van der Waals surface area contributed by atoms with Crippen LogP contribution in [0.25, 0.3) is 0 Å². The zero-order valence-corrected chi connectivity index (χ0v) is 9.42. The minimum atomic E-state index is -2.92. The first-order valence-corrected chi connectivity index (χ1v) is 4.80. The van der Waals surface area contributed by atoms with Crippen molar-refractivity contribution in [3.05, 3.63) is 22.2 Å². The Morgan fingerprint density at radius 2 is 2.13 bits per heavy atom.